The van der Waals surface area contributed by atoms with E-state index < -0.39 is 6.10 Å². The maximum absolute atomic E-state index is 12.7. The van der Waals surface area contributed by atoms with E-state index >= 15 is 0 Å². The Labute approximate surface area is 353 Å². The second kappa shape index (κ2) is 46.3. The zero-order chi connectivity index (χ0) is 41.5. The molecule has 0 saturated heterocycles. The first-order chi connectivity index (χ1) is 28.0. The number of allylic oxidation sites excluding steroid dienone is 6. The lowest BCUT2D eigenvalue weighted by atomic mass is 10.0. The van der Waals surface area contributed by atoms with Crippen LogP contribution in [0.5, 0.6) is 0 Å². The zero-order valence-corrected chi connectivity index (χ0v) is 37.9. The van der Waals surface area contributed by atoms with Crippen molar-refractivity contribution in [3.63, 3.8) is 0 Å². The van der Waals surface area contributed by atoms with E-state index in [0.29, 0.717) is 19.3 Å². The molecular formula is C51H92O6. The smallest absolute Gasteiger partial charge is 0.306 e. The van der Waals surface area contributed by atoms with Crippen molar-refractivity contribution in [1.29, 1.82) is 0 Å². The average Bonchev–Trinajstić information content (AvgIpc) is 3.21. The van der Waals surface area contributed by atoms with Gasteiger partial charge in [0.25, 0.3) is 0 Å². The van der Waals surface area contributed by atoms with Gasteiger partial charge in [-0.2, -0.15) is 0 Å². The molecule has 0 aliphatic carbocycles. The van der Waals surface area contributed by atoms with E-state index in [4.69, 9.17) is 14.2 Å². The quantitative estimate of drug-likeness (QED) is 0.0201. The van der Waals surface area contributed by atoms with Crippen molar-refractivity contribution in [2.45, 2.75) is 258 Å². The lowest BCUT2D eigenvalue weighted by Crippen LogP contribution is -2.30. The lowest BCUT2D eigenvalue weighted by Gasteiger charge is -2.18. The summed E-state index contributed by atoms with van der Waals surface area (Å²) in [6.07, 6.45) is 52.6. The highest BCUT2D eigenvalue weighted by Gasteiger charge is 2.19. The van der Waals surface area contributed by atoms with Crippen molar-refractivity contribution < 1.29 is 28.6 Å². The van der Waals surface area contributed by atoms with Crippen LogP contribution in [0.25, 0.3) is 0 Å². The van der Waals surface area contributed by atoms with Gasteiger partial charge in [-0.15, -0.1) is 0 Å². The number of esters is 3. The Kier molecular flexibility index (Phi) is 44.4. The average molecular weight is 801 g/mol. The fraction of sp³-hybridized carbons (Fsp3) is 0.824. The molecule has 0 N–H and O–H groups in total. The molecule has 0 aromatic carbocycles. The highest BCUT2D eigenvalue weighted by Crippen LogP contribution is 2.15. The fourth-order valence-corrected chi connectivity index (χ4v) is 6.90. The summed E-state index contributed by atoms with van der Waals surface area (Å²) < 4.78 is 16.7. The topological polar surface area (TPSA) is 78.9 Å². The van der Waals surface area contributed by atoms with Crippen LogP contribution in [0.15, 0.2) is 36.5 Å². The van der Waals surface area contributed by atoms with Gasteiger partial charge in [0.1, 0.15) is 13.2 Å². The third kappa shape index (κ3) is 44.6. The van der Waals surface area contributed by atoms with Crippen LogP contribution in [0, 0.1) is 0 Å². The van der Waals surface area contributed by atoms with Crippen LogP contribution in [-0.2, 0) is 28.6 Å². The summed E-state index contributed by atoms with van der Waals surface area (Å²) >= 11 is 0. The van der Waals surface area contributed by atoms with Gasteiger partial charge in [-0.3, -0.25) is 14.4 Å². The van der Waals surface area contributed by atoms with Gasteiger partial charge < -0.3 is 14.2 Å². The number of carbonyl (C=O) groups is 3. The number of hydrogen-bond donors (Lipinski definition) is 0. The molecule has 1 unspecified atom stereocenters. The second-order valence-electron chi connectivity index (χ2n) is 16.4. The molecule has 0 aliphatic heterocycles. The Hall–Kier alpha value is -2.37. The molecule has 6 heteroatoms. The Bertz CT molecular complexity index is 969. The molecule has 0 fully saturated rings. The monoisotopic (exact) mass is 801 g/mol. The zero-order valence-electron chi connectivity index (χ0n) is 37.9. The molecule has 0 saturated carbocycles. The minimum absolute atomic E-state index is 0.0769. The molecule has 0 aliphatic rings. The van der Waals surface area contributed by atoms with Crippen LogP contribution >= 0.6 is 0 Å². The summed E-state index contributed by atoms with van der Waals surface area (Å²) in [5, 5.41) is 0. The molecular weight excluding hydrogens is 709 g/mol. The molecule has 57 heavy (non-hydrogen) atoms. The van der Waals surface area contributed by atoms with Gasteiger partial charge in [0.05, 0.1) is 0 Å². The van der Waals surface area contributed by atoms with Crippen LogP contribution in [0.4, 0.5) is 0 Å². The largest absolute Gasteiger partial charge is 0.462 e. The van der Waals surface area contributed by atoms with E-state index in [1.807, 2.05) is 0 Å². The summed E-state index contributed by atoms with van der Waals surface area (Å²) in [4.78, 5) is 37.8. The molecule has 332 valence electrons. The van der Waals surface area contributed by atoms with Gasteiger partial charge in [0.15, 0.2) is 6.10 Å². The standard InChI is InChI=1S/C51H92O6/c1-4-7-10-13-16-19-22-25-26-27-30-32-35-38-41-44-50(53)56-47-48(57-51(54)45-42-39-36-33-29-24-21-18-15-12-9-6-3)46-55-49(52)43-40-37-34-31-28-23-20-17-14-11-8-5-2/h16,18-19,21-22,25,48H,4-15,17,20,23-24,26-47H2,1-3H3/b19-16-,21-18-,25-22-. The Morgan fingerprint density at radius 3 is 1.02 bits per heavy atom. The number of hydrogen-bond acceptors (Lipinski definition) is 6. The number of ether oxygens (including phenoxy) is 3. The van der Waals surface area contributed by atoms with Crippen molar-refractivity contribution >= 4 is 17.9 Å². The second-order valence-corrected chi connectivity index (χ2v) is 16.4. The Morgan fingerprint density at radius 2 is 0.632 bits per heavy atom. The molecule has 0 amide bonds. The first kappa shape index (κ1) is 54.6. The van der Waals surface area contributed by atoms with Gasteiger partial charge >= 0.3 is 17.9 Å². The SMILES string of the molecule is CCCCC/C=C\C=C/CCCCCCCCC(=O)OCC(COC(=O)CCCCCCCCCCCCCC)OC(=O)CCCCCCC/C=C\CCCCC. The van der Waals surface area contributed by atoms with Gasteiger partial charge in [-0.05, 0) is 70.6 Å². The predicted molar refractivity (Wildman–Crippen MR) is 242 cm³/mol. The third-order valence-corrected chi connectivity index (χ3v) is 10.6. The van der Waals surface area contributed by atoms with Crippen LogP contribution in [0.2, 0.25) is 0 Å². The molecule has 0 spiro atoms. The van der Waals surface area contributed by atoms with E-state index in [9.17, 15) is 14.4 Å². The molecule has 0 rings (SSSR count). The van der Waals surface area contributed by atoms with Gasteiger partial charge in [-0.1, -0.05) is 198 Å². The Morgan fingerprint density at radius 1 is 0.351 bits per heavy atom. The highest BCUT2D eigenvalue weighted by atomic mass is 16.6. The van der Waals surface area contributed by atoms with Crippen LogP contribution < -0.4 is 0 Å². The van der Waals surface area contributed by atoms with Crippen LogP contribution in [0.3, 0.4) is 0 Å². The highest BCUT2D eigenvalue weighted by molar-refractivity contribution is 5.71. The van der Waals surface area contributed by atoms with Gasteiger partial charge in [-0.25, -0.2) is 0 Å². The maximum Gasteiger partial charge on any atom is 0.306 e. The molecule has 0 aromatic heterocycles. The van der Waals surface area contributed by atoms with Crippen molar-refractivity contribution in [1.82, 2.24) is 0 Å². The molecule has 6 nitrogen and oxygen atoms in total. The molecule has 1 atom stereocenters. The minimum Gasteiger partial charge on any atom is -0.462 e. The van der Waals surface area contributed by atoms with Crippen molar-refractivity contribution in [2.24, 2.45) is 0 Å². The number of unbranched alkanes of at least 4 members (excludes halogenated alkanes) is 28. The van der Waals surface area contributed by atoms with E-state index in [-0.39, 0.29) is 31.1 Å². The van der Waals surface area contributed by atoms with Crippen LogP contribution in [-0.4, -0.2) is 37.2 Å². The number of carbonyl (C=O) groups excluding carboxylic acids is 3. The number of rotatable bonds is 44. The predicted octanol–water partition coefficient (Wildman–Crippen LogP) is 15.8. The van der Waals surface area contributed by atoms with Crippen molar-refractivity contribution in [3.05, 3.63) is 36.5 Å². The normalized spacial score (nSPS) is 12.3. The summed E-state index contributed by atoms with van der Waals surface area (Å²) in [5.41, 5.74) is 0. The van der Waals surface area contributed by atoms with Crippen molar-refractivity contribution in [3.8, 4) is 0 Å². The molecule has 0 bridgehead atoms. The summed E-state index contributed by atoms with van der Waals surface area (Å²) in [6, 6.07) is 0. The van der Waals surface area contributed by atoms with Gasteiger partial charge in [0, 0.05) is 19.3 Å². The third-order valence-electron chi connectivity index (χ3n) is 10.6. The Balaban J connectivity index is 4.38. The first-order valence-corrected chi connectivity index (χ1v) is 24.5. The summed E-state index contributed by atoms with van der Waals surface area (Å²) in [7, 11) is 0. The molecule has 0 aromatic rings. The summed E-state index contributed by atoms with van der Waals surface area (Å²) in [6.45, 7) is 6.57. The maximum atomic E-state index is 12.7. The van der Waals surface area contributed by atoms with Gasteiger partial charge in [0.2, 0.25) is 0 Å². The van der Waals surface area contributed by atoms with E-state index in [1.165, 1.54) is 135 Å². The first-order valence-electron chi connectivity index (χ1n) is 24.5. The van der Waals surface area contributed by atoms with E-state index in [2.05, 4.69) is 57.2 Å². The van der Waals surface area contributed by atoms with Crippen molar-refractivity contribution in [2.75, 3.05) is 13.2 Å². The lowest BCUT2D eigenvalue weighted by molar-refractivity contribution is -0.167. The molecule has 0 heterocycles. The molecule has 0 radical (unpaired) electrons. The van der Waals surface area contributed by atoms with E-state index in [1.54, 1.807) is 0 Å². The van der Waals surface area contributed by atoms with E-state index in [0.717, 1.165) is 77.0 Å². The minimum atomic E-state index is -0.776. The fourth-order valence-electron chi connectivity index (χ4n) is 6.90. The van der Waals surface area contributed by atoms with Crippen LogP contribution in [0.1, 0.15) is 252 Å². The summed E-state index contributed by atoms with van der Waals surface area (Å²) in [5.74, 6) is -0.893.